The fourth-order valence-electron chi connectivity index (χ4n) is 2.70. The summed E-state index contributed by atoms with van der Waals surface area (Å²) in [6.07, 6.45) is 0. The van der Waals surface area contributed by atoms with Crippen molar-refractivity contribution < 1.29 is 18.3 Å². The third-order valence-electron chi connectivity index (χ3n) is 4.11. The van der Waals surface area contributed by atoms with E-state index in [1.807, 2.05) is 47.8 Å². The van der Waals surface area contributed by atoms with Gasteiger partial charge in [-0.25, -0.2) is 13.8 Å². The molecule has 0 radical (unpaired) electrons. The fraction of sp³-hybridized carbons (Fsp3) is 0.200. The number of rotatable bonds is 6. The lowest BCUT2D eigenvalue weighted by Gasteiger charge is -2.10. The molecule has 0 spiro atoms. The second kappa shape index (κ2) is 9.15. The Morgan fingerprint density at radius 2 is 1.86 bits per heavy atom. The number of anilines is 1. The molecule has 29 heavy (non-hydrogen) atoms. The average molecular weight is 451 g/mol. The van der Waals surface area contributed by atoms with Crippen molar-refractivity contribution in [2.45, 2.75) is 4.58 Å². The molecule has 1 N–H and O–H groups in total. The molecule has 1 amide bonds. The van der Waals surface area contributed by atoms with E-state index in [-0.39, 0.29) is 12.5 Å². The van der Waals surface area contributed by atoms with Crippen LogP contribution in [0.25, 0.3) is 11.3 Å². The normalized spacial score (nSPS) is 14.1. The van der Waals surface area contributed by atoms with Gasteiger partial charge in [-0.05, 0) is 35.9 Å². The molecule has 4 nitrogen and oxygen atoms in total. The lowest BCUT2D eigenvalue weighted by atomic mass is 10.2. The van der Waals surface area contributed by atoms with Crippen molar-refractivity contribution in [1.82, 2.24) is 4.98 Å². The van der Waals surface area contributed by atoms with Crippen LogP contribution in [0.4, 0.5) is 13.9 Å². The number of nitrogens with one attached hydrogen (secondary N) is 1. The van der Waals surface area contributed by atoms with Crippen LogP contribution in [0.5, 0.6) is 5.75 Å². The highest BCUT2D eigenvalue weighted by Gasteiger charge is 2.18. The van der Waals surface area contributed by atoms with Crippen molar-refractivity contribution in [3.05, 3.63) is 65.0 Å². The quantitative estimate of drug-likeness (QED) is 0.531. The molecule has 3 aromatic rings. The van der Waals surface area contributed by atoms with Crippen LogP contribution < -0.4 is 10.1 Å². The minimum atomic E-state index is -0.939. The van der Waals surface area contributed by atoms with E-state index >= 15 is 0 Å². The Morgan fingerprint density at radius 3 is 2.59 bits per heavy atom. The summed E-state index contributed by atoms with van der Waals surface area (Å²) in [5.74, 6) is 0.764. The van der Waals surface area contributed by atoms with Crippen LogP contribution in [0.3, 0.4) is 0 Å². The van der Waals surface area contributed by atoms with Crippen LogP contribution >= 0.6 is 34.9 Å². The zero-order chi connectivity index (χ0) is 20.2. The van der Waals surface area contributed by atoms with Crippen molar-refractivity contribution in [3.63, 3.8) is 0 Å². The minimum absolute atomic E-state index is 0.146. The van der Waals surface area contributed by atoms with E-state index < -0.39 is 11.6 Å². The summed E-state index contributed by atoms with van der Waals surface area (Å²) < 4.78 is 32.4. The molecule has 150 valence electrons. The summed E-state index contributed by atoms with van der Waals surface area (Å²) in [5, 5.41) is 4.69. The Bertz CT molecular complexity index is 1010. The van der Waals surface area contributed by atoms with Crippen LogP contribution in [0.1, 0.15) is 10.1 Å². The van der Waals surface area contributed by atoms with E-state index in [2.05, 4.69) is 10.3 Å². The van der Waals surface area contributed by atoms with Crippen molar-refractivity contribution in [2.24, 2.45) is 0 Å². The molecule has 2 heterocycles. The summed E-state index contributed by atoms with van der Waals surface area (Å²) in [5.41, 5.74) is 2.15. The molecule has 0 atom stereocenters. The number of hydrogen-bond acceptors (Lipinski definition) is 6. The Hall–Kier alpha value is -2.10. The first-order valence-electron chi connectivity index (χ1n) is 8.75. The van der Waals surface area contributed by atoms with Crippen LogP contribution in [0, 0.1) is 11.6 Å². The molecule has 4 rings (SSSR count). The number of nitrogens with zero attached hydrogens (tertiary/aromatic N) is 1. The Labute approximate surface area is 179 Å². The monoisotopic (exact) mass is 450 g/mol. The first-order valence-corrected chi connectivity index (χ1v) is 11.7. The summed E-state index contributed by atoms with van der Waals surface area (Å²) in [7, 11) is 0. The van der Waals surface area contributed by atoms with Crippen molar-refractivity contribution >= 4 is 45.9 Å². The van der Waals surface area contributed by atoms with Gasteiger partial charge in [0.2, 0.25) is 0 Å². The smallest absolute Gasteiger partial charge is 0.264 e. The molecule has 9 heteroatoms. The van der Waals surface area contributed by atoms with Crippen molar-refractivity contribution in [3.8, 4) is 17.0 Å². The standard InChI is InChI=1S/C20H16F2N2O2S3/c21-15-6-3-13(9-16(15)22)17-11-29-20(23-17)24-18(25)10-26-14-4-1-12(2-5-14)19-27-7-8-28-19/h1-6,9,11,19H,7-8,10H2,(H,23,24,25). The van der Waals surface area contributed by atoms with E-state index in [1.165, 1.54) is 34.5 Å². The second-order valence-electron chi connectivity index (χ2n) is 6.15. The maximum absolute atomic E-state index is 13.4. The number of ether oxygens (including phenoxy) is 1. The molecule has 2 aromatic carbocycles. The number of halogens is 2. The van der Waals surface area contributed by atoms with Crippen LogP contribution in [-0.4, -0.2) is 29.0 Å². The fourth-order valence-corrected chi connectivity index (χ4v) is 6.29. The van der Waals surface area contributed by atoms with E-state index in [4.69, 9.17) is 4.74 Å². The number of benzene rings is 2. The van der Waals surface area contributed by atoms with Gasteiger partial charge in [0.25, 0.3) is 5.91 Å². The lowest BCUT2D eigenvalue weighted by Crippen LogP contribution is -2.20. The topological polar surface area (TPSA) is 51.2 Å². The van der Waals surface area contributed by atoms with Gasteiger partial charge in [-0.15, -0.1) is 34.9 Å². The zero-order valence-electron chi connectivity index (χ0n) is 15.1. The highest BCUT2D eigenvalue weighted by molar-refractivity contribution is 8.19. The van der Waals surface area contributed by atoms with Crippen molar-refractivity contribution in [1.29, 1.82) is 0 Å². The van der Waals surface area contributed by atoms with Crippen LogP contribution in [-0.2, 0) is 4.79 Å². The average Bonchev–Trinajstić information content (AvgIpc) is 3.41. The summed E-state index contributed by atoms with van der Waals surface area (Å²) in [6.45, 7) is -0.146. The van der Waals surface area contributed by atoms with Gasteiger partial charge in [0.05, 0.1) is 10.3 Å². The first kappa shape index (κ1) is 20.2. The SMILES string of the molecule is O=C(COc1ccc(C2SCCS2)cc1)Nc1nc(-c2ccc(F)c(F)c2)cs1. The number of hydrogen-bond donors (Lipinski definition) is 1. The van der Waals surface area contributed by atoms with Gasteiger partial charge in [-0.2, -0.15) is 0 Å². The molecule has 0 bridgehead atoms. The highest BCUT2D eigenvalue weighted by atomic mass is 32.2. The largest absolute Gasteiger partial charge is 0.484 e. The molecule has 1 aliphatic rings. The Kier molecular flexibility index (Phi) is 6.37. The van der Waals surface area contributed by atoms with E-state index in [1.54, 1.807) is 5.38 Å². The van der Waals surface area contributed by atoms with Gasteiger partial charge >= 0.3 is 0 Å². The number of amides is 1. The summed E-state index contributed by atoms with van der Waals surface area (Å²) in [6, 6.07) is 11.3. The number of thioether (sulfide) groups is 2. The molecule has 1 aliphatic heterocycles. The van der Waals surface area contributed by atoms with Gasteiger partial charge in [0.15, 0.2) is 23.4 Å². The maximum atomic E-state index is 13.4. The van der Waals surface area contributed by atoms with E-state index in [0.29, 0.717) is 26.7 Å². The first-order chi connectivity index (χ1) is 14.1. The van der Waals surface area contributed by atoms with Gasteiger partial charge in [-0.3, -0.25) is 10.1 Å². The number of aromatic nitrogens is 1. The Morgan fingerprint density at radius 1 is 1.10 bits per heavy atom. The molecular weight excluding hydrogens is 434 g/mol. The maximum Gasteiger partial charge on any atom is 0.264 e. The third kappa shape index (κ3) is 5.09. The molecule has 1 saturated heterocycles. The van der Waals surface area contributed by atoms with Crippen molar-refractivity contribution in [2.75, 3.05) is 23.4 Å². The van der Waals surface area contributed by atoms with Gasteiger partial charge < -0.3 is 4.74 Å². The summed E-state index contributed by atoms with van der Waals surface area (Å²) in [4.78, 5) is 16.4. The predicted molar refractivity (Wildman–Crippen MR) is 116 cm³/mol. The van der Waals surface area contributed by atoms with E-state index in [0.717, 1.165) is 12.1 Å². The second-order valence-corrected chi connectivity index (χ2v) is 9.73. The van der Waals surface area contributed by atoms with E-state index in [9.17, 15) is 13.6 Å². The highest BCUT2D eigenvalue weighted by Crippen LogP contribution is 2.45. The molecule has 1 aromatic heterocycles. The van der Waals surface area contributed by atoms with Crippen LogP contribution in [0.15, 0.2) is 47.8 Å². The van der Waals surface area contributed by atoms with Gasteiger partial charge in [0, 0.05) is 22.4 Å². The Balaban J connectivity index is 1.30. The third-order valence-corrected chi connectivity index (χ3v) is 7.97. The number of carbonyl (C=O) groups is 1. The van der Waals surface area contributed by atoms with Gasteiger partial charge in [0.1, 0.15) is 5.75 Å². The summed E-state index contributed by atoms with van der Waals surface area (Å²) >= 11 is 5.07. The number of thiazole rings is 1. The number of carbonyl (C=O) groups excluding carboxylic acids is 1. The predicted octanol–water partition coefficient (Wildman–Crippen LogP) is 5.58. The van der Waals surface area contributed by atoms with Crippen LogP contribution in [0.2, 0.25) is 0 Å². The zero-order valence-corrected chi connectivity index (χ0v) is 17.5. The lowest BCUT2D eigenvalue weighted by molar-refractivity contribution is -0.118. The molecule has 1 fully saturated rings. The molecule has 0 unspecified atom stereocenters. The molecular formula is C20H16F2N2O2S3. The minimum Gasteiger partial charge on any atom is -0.484 e. The molecule has 0 aliphatic carbocycles. The van der Waals surface area contributed by atoms with Gasteiger partial charge in [-0.1, -0.05) is 12.1 Å². The molecule has 0 saturated carbocycles.